The third kappa shape index (κ3) is 7.60. The molecule has 0 aliphatic carbocycles. The van der Waals surface area contributed by atoms with Crippen LogP contribution in [0.25, 0.3) is 0 Å². The number of hydrogen-bond acceptors (Lipinski definition) is 3. The molecular formula is C18H23FN2O4. The van der Waals surface area contributed by atoms with Gasteiger partial charge in [0.15, 0.2) is 0 Å². The molecule has 0 saturated heterocycles. The minimum Gasteiger partial charge on any atom is -0.480 e. The Kier molecular flexibility index (Phi) is 7.78. The van der Waals surface area contributed by atoms with Crippen molar-refractivity contribution in [3.05, 3.63) is 47.3 Å². The maximum absolute atomic E-state index is 13.3. The van der Waals surface area contributed by atoms with Gasteiger partial charge in [-0.15, -0.1) is 0 Å². The lowest BCUT2D eigenvalue weighted by molar-refractivity contribution is -0.142. The molecule has 2 amide bonds. The Morgan fingerprint density at radius 1 is 1.16 bits per heavy atom. The molecule has 0 saturated carbocycles. The van der Waals surface area contributed by atoms with Crippen molar-refractivity contribution in [2.75, 3.05) is 0 Å². The van der Waals surface area contributed by atoms with E-state index in [1.54, 1.807) is 12.1 Å². The summed E-state index contributed by atoms with van der Waals surface area (Å²) in [5.41, 5.74) is 1.45. The Morgan fingerprint density at radius 2 is 1.84 bits per heavy atom. The molecule has 0 bridgehead atoms. The second-order valence-electron chi connectivity index (χ2n) is 6.00. The van der Waals surface area contributed by atoms with Crippen LogP contribution in [0.3, 0.4) is 0 Å². The molecule has 25 heavy (non-hydrogen) atoms. The lowest BCUT2D eigenvalue weighted by Crippen LogP contribution is -2.52. The third-order valence-corrected chi connectivity index (χ3v) is 3.40. The molecule has 1 aromatic rings. The van der Waals surface area contributed by atoms with Gasteiger partial charge in [-0.1, -0.05) is 23.8 Å². The fraction of sp³-hybridized carbons (Fsp3) is 0.389. The van der Waals surface area contributed by atoms with Crippen LogP contribution in [0, 0.1) is 5.82 Å². The second-order valence-corrected chi connectivity index (χ2v) is 6.00. The van der Waals surface area contributed by atoms with Gasteiger partial charge in [-0.25, -0.2) is 9.18 Å². The number of carboxylic acids is 1. The van der Waals surface area contributed by atoms with Crippen molar-refractivity contribution in [2.24, 2.45) is 0 Å². The number of hydrogen-bond donors (Lipinski definition) is 3. The summed E-state index contributed by atoms with van der Waals surface area (Å²) in [6, 6.07) is 3.57. The zero-order valence-corrected chi connectivity index (χ0v) is 14.5. The molecule has 0 radical (unpaired) electrons. The quantitative estimate of drug-likeness (QED) is 0.623. The van der Waals surface area contributed by atoms with Crippen molar-refractivity contribution in [1.29, 1.82) is 0 Å². The van der Waals surface area contributed by atoms with Crippen LogP contribution in [0.1, 0.15) is 32.8 Å². The molecule has 0 fully saturated rings. The number of allylic oxidation sites excluding steroid dienone is 1. The minimum absolute atomic E-state index is 0.0537. The van der Waals surface area contributed by atoms with E-state index < -0.39 is 35.7 Å². The van der Waals surface area contributed by atoms with Gasteiger partial charge in [0.05, 0.1) is 0 Å². The zero-order valence-electron chi connectivity index (χ0n) is 14.5. The van der Waals surface area contributed by atoms with Gasteiger partial charge >= 0.3 is 5.97 Å². The summed E-state index contributed by atoms with van der Waals surface area (Å²) in [6.45, 7) is 4.90. The van der Waals surface area contributed by atoms with Crippen molar-refractivity contribution in [3.63, 3.8) is 0 Å². The zero-order chi connectivity index (χ0) is 19.0. The summed E-state index contributed by atoms with van der Waals surface area (Å²) in [6.07, 6.45) is 1.90. The Balaban J connectivity index is 2.89. The molecular weight excluding hydrogens is 327 g/mol. The first-order valence-electron chi connectivity index (χ1n) is 7.87. The summed E-state index contributed by atoms with van der Waals surface area (Å²) in [7, 11) is 0. The average molecular weight is 350 g/mol. The number of benzene rings is 1. The van der Waals surface area contributed by atoms with Gasteiger partial charge in [0, 0.05) is 13.3 Å². The van der Waals surface area contributed by atoms with Crippen molar-refractivity contribution < 1.29 is 23.9 Å². The van der Waals surface area contributed by atoms with Gasteiger partial charge in [-0.3, -0.25) is 9.59 Å². The minimum atomic E-state index is -1.17. The fourth-order valence-corrected chi connectivity index (χ4v) is 2.20. The van der Waals surface area contributed by atoms with Gasteiger partial charge in [0.25, 0.3) is 0 Å². The molecule has 0 aliphatic rings. The highest BCUT2D eigenvalue weighted by molar-refractivity contribution is 5.90. The summed E-state index contributed by atoms with van der Waals surface area (Å²) in [5, 5.41) is 14.1. The first kappa shape index (κ1) is 20.3. The van der Waals surface area contributed by atoms with Gasteiger partial charge in [0.2, 0.25) is 11.8 Å². The summed E-state index contributed by atoms with van der Waals surface area (Å²) in [4.78, 5) is 35.1. The van der Waals surface area contributed by atoms with Crippen LogP contribution in [0.5, 0.6) is 0 Å². The first-order valence-corrected chi connectivity index (χ1v) is 7.87. The van der Waals surface area contributed by atoms with E-state index in [-0.39, 0.29) is 12.8 Å². The molecule has 3 N–H and O–H groups in total. The number of nitrogens with one attached hydrogen (secondary N) is 2. The van der Waals surface area contributed by atoms with Crippen LogP contribution < -0.4 is 10.6 Å². The topological polar surface area (TPSA) is 95.5 Å². The predicted molar refractivity (Wildman–Crippen MR) is 91.3 cm³/mol. The molecule has 2 atom stereocenters. The van der Waals surface area contributed by atoms with E-state index >= 15 is 0 Å². The second kappa shape index (κ2) is 9.56. The molecule has 6 nitrogen and oxygen atoms in total. The Morgan fingerprint density at radius 3 is 2.36 bits per heavy atom. The van der Waals surface area contributed by atoms with Gasteiger partial charge in [-0.2, -0.15) is 0 Å². The standard InChI is InChI=1S/C18H23FN2O4/c1-11(2)7-8-15(18(24)25)21-17(23)16(20-12(3)22)10-13-5-4-6-14(19)9-13/h4-7,9,15-16H,8,10H2,1-3H3,(H,20,22)(H,21,23)(H,24,25)/t15-,16-/m0/s1. The molecule has 1 rings (SSSR count). The summed E-state index contributed by atoms with van der Waals surface area (Å²) < 4.78 is 13.3. The van der Waals surface area contributed by atoms with Crippen molar-refractivity contribution in [2.45, 2.75) is 45.7 Å². The van der Waals surface area contributed by atoms with Gasteiger partial charge in [-0.05, 0) is 38.0 Å². The van der Waals surface area contributed by atoms with Crippen LogP contribution in [0.15, 0.2) is 35.9 Å². The molecule has 136 valence electrons. The predicted octanol–water partition coefficient (Wildman–Crippen LogP) is 1.80. The number of amides is 2. The molecule has 7 heteroatoms. The number of carboxylic acid groups (broad SMARTS) is 1. The van der Waals surface area contributed by atoms with Gasteiger partial charge in [0.1, 0.15) is 17.9 Å². The maximum Gasteiger partial charge on any atom is 0.326 e. The van der Waals surface area contributed by atoms with Crippen LogP contribution >= 0.6 is 0 Å². The molecule has 0 heterocycles. The number of rotatable bonds is 8. The van der Waals surface area contributed by atoms with Crippen LogP contribution in [-0.4, -0.2) is 35.0 Å². The van der Waals surface area contributed by atoms with Crippen LogP contribution in [0.4, 0.5) is 4.39 Å². The normalized spacial score (nSPS) is 12.6. The molecule has 0 unspecified atom stereocenters. The SMILES string of the molecule is CC(=O)N[C@@H](Cc1cccc(F)c1)C(=O)N[C@@H](CC=C(C)C)C(=O)O. The van der Waals surface area contributed by atoms with Crippen molar-refractivity contribution in [1.82, 2.24) is 10.6 Å². The number of carbonyl (C=O) groups is 3. The summed E-state index contributed by atoms with van der Waals surface area (Å²) in [5.74, 6) is -2.69. The maximum atomic E-state index is 13.3. The van der Waals surface area contributed by atoms with Gasteiger partial charge < -0.3 is 15.7 Å². The monoisotopic (exact) mass is 350 g/mol. The van der Waals surface area contributed by atoms with E-state index in [9.17, 15) is 23.9 Å². The first-order chi connectivity index (χ1) is 11.7. The molecule has 0 aromatic heterocycles. The highest BCUT2D eigenvalue weighted by Crippen LogP contribution is 2.08. The Hall–Kier alpha value is -2.70. The Labute approximate surface area is 146 Å². The largest absolute Gasteiger partial charge is 0.480 e. The van der Waals surface area contributed by atoms with Crippen LogP contribution in [-0.2, 0) is 20.8 Å². The van der Waals surface area contributed by atoms with E-state index in [0.717, 1.165) is 5.57 Å². The van der Waals surface area contributed by atoms with E-state index in [1.807, 2.05) is 13.8 Å². The highest BCUT2D eigenvalue weighted by Gasteiger charge is 2.25. The molecule has 0 spiro atoms. The average Bonchev–Trinajstić information content (AvgIpc) is 2.49. The summed E-state index contributed by atoms with van der Waals surface area (Å²) >= 11 is 0. The fourth-order valence-electron chi connectivity index (χ4n) is 2.20. The van der Waals surface area contributed by atoms with Crippen molar-refractivity contribution >= 4 is 17.8 Å². The molecule has 0 aliphatic heterocycles. The number of halogens is 1. The molecule has 1 aromatic carbocycles. The van der Waals surface area contributed by atoms with E-state index in [2.05, 4.69) is 10.6 Å². The lowest BCUT2D eigenvalue weighted by atomic mass is 10.0. The third-order valence-electron chi connectivity index (χ3n) is 3.40. The highest BCUT2D eigenvalue weighted by atomic mass is 19.1. The van der Waals surface area contributed by atoms with E-state index in [4.69, 9.17) is 0 Å². The van der Waals surface area contributed by atoms with Crippen LogP contribution in [0.2, 0.25) is 0 Å². The Bertz CT molecular complexity index is 669. The van der Waals surface area contributed by atoms with E-state index in [0.29, 0.717) is 5.56 Å². The van der Waals surface area contributed by atoms with Crippen molar-refractivity contribution in [3.8, 4) is 0 Å². The number of aliphatic carboxylic acids is 1. The number of carbonyl (C=O) groups excluding carboxylic acids is 2. The lowest BCUT2D eigenvalue weighted by Gasteiger charge is -2.20. The van der Waals surface area contributed by atoms with E-state index in [1.165, 1.54) is 25.1 Å². The smallest absolute Gasteiger partial charge is 0.326 e.